The van der Waals surface area contributed by atoms with Gasteiger partial charge in [-0.2, -0.15) is 5.26 Å². The van der Waals surface area contributed by atoms with Gasteiger partial charge in [0, 0.05) is 12.2 Å². The summed E-state index contributed by atoms with van der Waals surface area (Å²) in [6, 6.07) is 5.52. The molecule has 0 aromatic carbocycles. The van der Waals surface area contributed by atoms with E-state index in [1.807, 2.05) is 0 Å². The van der Waals surface area contributed by atoms with Crippen molar-refractivity contribution in [3.63, 3.8) is 0 Å². The molecule has 0 aliphatic heterocycles. The summed E-state index contributed by atoms with van der Waals surface area (Å²) >= 11 is 0. The van der Waals surface area contributed by atoms with E-state index < -0.39 is 0 Å². The van der Waals surface area contributed by atoms with Crippen LogP contribution in [0.5, 0.6) is 0 Å². The zero-order valence-electron chi connectivity index (χ0n) is 9.66. The van der Waals surface area contributed by atoms with Crippen LogP contribution in [0.1, 0.15) is 37.2 Å². The zero-order chi connectivity index (χ0) is 12.0. The number of rotatable bonds is 5. The number of aromatic amines is 1. The molecule has 1 rings (SSSR count). The molecule has 0 unspecified atom stereocenters. The summed E-state index contributed by atoms with van der Waals surface area (Å²) in [5, 5.41) is 11.5. The Labute approximate surface area is 95.7 Å². The number of carbonyl (C=O) groups is 1. The minimum atomic E-state index is -0.147. The van der Waals surface area contributed by atoms with Gasteiger partial charge in [-0.1, -0.05) is 13.8 Å². The van der Waals surface area contributed by atoms with Crippen LogP contribution in [0.15, 0.2) is 18.3 Å². The number of nitrogens with zero attached hydrogens (tertiary/aromatic N) is 1. The van der Waals surface area contributed by atoms with E-state index in [2.05, 4.69) is 30.2 Å². The Morgan fingerprint density at radius 1 is 1.62 bits per heavy atom. The average Bonchev–Trinajstić information content (AvgIpc) is 2.69. The summed E-state index contributed by atoms with van der Waals surface area (Å²) < 4.78 is 0. The number of hydrogen-bond acceptors (Lipinski definition) is 2. The van der Waals surface area contributed by atoms with E-state index in [1.54, 1.807) is 18.3 Å². The Kier molecular flexibility index (Phi) is 4.59. The van der Waals surface area contributed by atoms with Gasteiger partial charge in [-0.15, -0.1) is 0 Å². The van der Waals surface area contributed by atoms with Gasteiger partial charge < -0.3 is 10.3 Å². The molecule has 0 radical (unpaired) electrons. The Hall–Kier alpha value is -1.76. The molecule has 0 aliphatic rings. The van der Waals surface area contributed by atoms with Crippen molar-refractivity contribution in [1.82, 2.24) is 10.3 Å². The van der Waals surface area contributed by atoms with E-state index in [9.17, 15) is 4.79 Å². The molecule has 2 N–H and O–H groups in total. The van der Waals surface area contributed by atoms with Crippen LogP contribution in [0.4, 0.5) is 0 Å². The molecule has 1 heterocycles. The lowest BCUT2D eigenvalue weighted by molar-refractivity contribution is 0.0928. The van der Waals surface area contributed by atoms with Gasteiger partial charge in [0.15, 0.2) is 0 Å². The molecule has 0 saturated heterocycles. The summed E-state index contributed by atoms with van der Waals surface area (Å²) in [5.74, 6) is 0.313. The maximum atomic E-state index is 11.7. The Balaban J connectivity index is 2.55. The Morgan fingerprint density at radius 2 is 2.38 bits per heavy atom. The van der Waals surface area contributed by atoms with Crippen molar-refractivity contribution in [2.24, 2.45) is 5.92 Å². The molecule has 16 heavy (non-hydrogen) atoms. The molecule has 0 fully saturated rings. The molecule has 86 valence electrons. The maximum absolute atomic E-state index is 11.7. The molecule has 0 saturated carbocycles. The van der Waals surface area contributed by atoms with Crippen molar-refractivity contribution in [2.45, 2.75) is 32.7 Å². The van der Waals surface area contributed by atoms with E-state index in [4.69, 9.17) is 5.26 Å². The highest BCUT2D eigenvalue weighted by Gasteiger charge is 2.15. The van der Waals surface area contributed by atoms with Crippen molar-refractivity contribution in [1.29, 1.82) is 5.26 Å². The monoisotopic (exact) mass is 219 g/mol. The summed E-state index contributed by atoms with van der Waals surface area (Å²) in [5.41, 5.74) is 0.534. The molecule has 1 aromatic heterocycles. The number of hydrogen-bond donors (Lipinski definition) is 2. The fourth-order valence-corrected chi connectivity index (χ4v) is 1.61. The highest BCUT2D eigenvalue weighted by Crippen LogP contribution is 2.08. The molecule has 1 aromatic rings. The van der Waals surface area contributed by atoms with Gasteiger partial charge >= 0.3 is 0 Å². The second kappa shape index (κ2) is 5.96. The second-order valence-electron chi connectivity index (χ2n) is 4.25. The maximum Gasteiger partial charge on any atom is 0.267 e. The molecule has 4 heteroatoms. The summed E-state index contributed by atoms with van der Waals surface area (Å²) in [6.45, 7) is 4.15. The van der Waals surface area contributed by atoms with Crippen molar-refractivity contribution in [3.05, 3.63) is 24.0 Å². The van der Waals surface area contributed by atoms with Crippen molar-refractivity contribution in [3.8, 4) is 6.07 Å². The van der Waals surface area contributed by atoms with E-state index in [1.165, 1.54) is 0 Å². The van der Waals surface area contributed by atoms with Gasteiger partial charge in [-0.05, 0) is 24.5 Å². The van der Waals surface area contributed by atoms with Crippen molar-refractivity contribution < 1.29 is 4.79 Å². The quantitative estimate of drug-likeness (QED) is 0.796. The lowest BCUT2D eigenvalue weighted by Crippen LogP contribution is -2.35. The van der Waals surface area contributed by atoms with E-state index in [0.29, 0.717) is 18.0 Å². The SMILES string of the molecule is CC(C)C[C@@H](CC#N)NC(=O)c1ccc[nH]1. The van der Waals surface area contributed by atoms with Gasteiger partial charge in [0.2, 0.25) is 0 Å². The van der Waals surface area contributed by atoms with E-state index in [0.717, 1.165) is 6.42 Å². The van der Waals surface area contributed by atoms with Crippen LogP contribution in [0.25, 0.3) is 0 Å². The normalized spacial score (nSPS) is 12.1. The van der Waals surface area contributed by atoms with Gasteiger partial charge in [-0.25, -0.2) is 0 Å². The molecule has 0 spiro atoms. The van der Waals surface area contributed by atoms with Crippen molar-refractivity contribution in [2.75, 3.05) is 0 Å². The van der Waals surface area contributed by atoms with Crippen LogP contribution in [-0.2, 0) is 0 Å². The smallest absolute Gasteiger partial charge is 0.267 e. The van der Waals surface area contributed by atoms with Crippen LogP contribution < -0.4 is 5.32 Å². The fourth-order valence-electron chi connectivity index (χ4n) is 1.61. The Bertz CT molecular complexity index is 362. The number of aromatic nitrogens is 1. The number of carbonyl (C=O) groups excluding carboxylic acids is 1. The highest BCUT2D eigenvalue weighted by molar-refractivity contribution is 5.92. The van der Waals surface area contributed by atoms with Gasteiger partial charge in [-0.3, -0.25) is 4.79 Å². The van der Waals surface area contributed by atoms with Crippen LogP contribution in [0.3, 0.4) is 0 Å². The molecule has 4 nitrogen and oxygen atoms in total. The average molecular weight is 219 g/mol. The third-order valence-electron chi connectivity index (χ3n) is 2.27. The van der Waals surface area contributed by atoms with Crippen LogP contribution >= 0.6 is 0 Å². The van der Waals surface area contributed by atoms with E-state index in [-0.39, 0.29) is 11.9 Å². The predicted molar refractivity (Wildman–Crippen MR) is 61.7 cm³/mol. The lowest BCUT2D eigenvalue weighted by atomic mass is 10.0. The highest BCUT2D eigenvalue weighted by atomic mass is 16.1. The minimum absolute atomic E-state index is 0.0687. The summed E-state index contributed by atoms with van der Waals surface area (Å²) in [4.78, 5) is 14.6. The molecular formula is C12H17N3O. The first kappa shape index (κ1) is 12.3. The van der Waals surface area contributed by atoms with Crippen LogP contribution in [0.2, 0.25) is 0 Å². The second-order valence-corrected chi connectivity index (χ2v) is 4.25. The largest absolute Gasteiger partial charge is 0.357 e. The number of amides is 1. The molecule has 0 bridgehead atoms. The predicted octanol–water partition coefficient (Wildman–Crippen LogP) is 2.07. The third kappa shape index (κ3) is 3.77. The summed E-state index contributed by atoms with van der Waals surface area (Å²) in [6.07, 6.45) is 2.88. The number of nitriles is 1. The molecule has 1 atom stereocenters. The first-order chi connectivity index (χ1) is 7.63. The van der Waals surface area contributed by atoms with Crippen LogP contribution in [-0.4, -0.2) is 16.9 Å². The topological polar surface area (TPSA) is 68.7 Å². The van der Waals surface area contributed by atoms with Gasteiger partial charge in [0.05, 0.1) is 12.5 Å². The van der Waals surface area contributed by atoms with Crippen LogP contribution in [0, 0.1) is 17.2 Å². The third-order valence-corrected chi connectivity index (χ3v) is 2.27. The Morgan fingerprint density at radius 3 is 2.88 bits per heavy atom. The first-order valence-electron chi connectivity index (χ1n) is 5.44. The van der Waals surface area contributed by atoms with Gasteiger partial charge in [0.25, 0.3) is 5.91 Å². The molecule has 1 amide bonds. The summed E-state index contributed by atoms with van der Waals surface area (Å²) in [7, 11) is 0. The molecule has 0 aliphatic carbocycles. The number of H-pyrrole nitrogens is 1. The van der Waals surface area contributed by atoms with E-state index >= 15 is 0 Å². The first-order valence-corrected chi connectivity index (χ1v) is 5.44. The fraction of sp³-hybridized carbons (Fsp3) is 0.500. The lowest BCUT2D eigenvalue weighted by Gasteiger charge is -2.17. The standard InChI is InChI=1S/C12H17N3O/c1-9(2)8-10(5-6-13)15-12(16)11-4-3-7-14-11/h3-4,7,9-10,14H,5,8H2,1-2H3,(H,15,16)/t10-/m1/s1. The minimum Gasteiger partial charge on any atom is -0.357 e. The zero-order valence-corrected chi connectivity index (χ0v) is 9.66. The molecular weight excluding hydrogens is 202 g/mol. The van der Waals surface area contributed by atoms with Gasteiger partial charge in [0.1, 0.15) is 5.69 Å². The van der Waals surface area contributed by atoms with Crippen molar-refractivity contribution >= 4 is 5.91 Å². The number of nitrogens with one attached hydrogen (secondary N) is 2.